The van der Waals surface area contributed by atoms with Crippen molar-refractivity contribution in [3.8, 4) is 0 Å². The average molecular weight is 400 g/mol. The number of anilines is 1. The summed E-state index contributed by atoms with van der Waals surface area (Å²) in [5, 5.41) is 4.14. The quantitative estimate of drug-likeness (QED) is 0.510. The number of hydrogen-bond acceptors (Lipinski definition) is 5. The number of nitrogens with one attached hydrogen (secondary N) is 2. The van der Waals surface area contributed by atoms with E-state index in [1.807, 2.05) is 31.2 Å². The number of carbonyl (C=O) groups excluding carboxylic acids is 1. The molecule has 1 amide bonds. The summed E-state index contributed by atoms with van der Waals surface area (Å²) in [6.45, 7) is 4.20. The van der Waals surface area contributed by atoms with E-state index in [2.05, 4.69) is 22.2 Å². The molecule has 2 N–H and O–H groups in total. The minimum Gasteiger partial charge on any atom is -0.325 e. The second kappa shape index (κ2) is 7.48. The number of nitrogens with zero attached hydrogens (tertiary/aromatic N) is 1. The van der Waals surface area contributed by atoms with Crippen LogP contribution in [0.2, 0.25) is 0 Å². The van der Waals surface area contributed by atoms with Crippen molar-refractivity contribution in [3.63, 3.8) is 0 Å². The second-order valence-corrected chi connectivity index (χ2v) is 9.10. The zero-order valence-electron chi connectivity index (χ0n) is 15.3. The van der Waals surface area contributed by atoms with E-state index in [0.717, 1.165) is 40.7 Å². The Morgan fingerprint density at radius 3 is 3.04 bits per heavy atom. The molecule has 0 bridgehead atoms. The lowest BCUT2D eigenvalue weighted by Gasteiger charge is -2.17. The van der Waals surface area contributed by atoms with Crippen molar-refractivity contribution < 1.29 is 4.79 Å². The van der Waals surface area contributed by atoms with Crippen LogP contribution in [-0.2, 0) is 17.6 Å². The van der Waals surface area contributed by atoms with Crippen molar-refractivity contribution in [3.05, 3.63) is 50.6 Å². The number of aryl methyl sites for hydroxylation is 2. The lowest BCUT2D eigenvalue weighted by atomic mass is 9.89. The first kappa shape index (κ1) is 18.3. The summed E-state index contributed by atoms with van der Waals surface area (Å²) >= 11 is 2.88. The van der Waals surface area contributed by atoms with Gasteiger partial charge in [0.25, 0.3) is 5.56 Å². The van der Waals surface area contributed by atoms with Gasteiger partial charge < -0.3 is 10.3 Å². The molecule has 1 aliphatic rings. The van der Waals surface area contributed by atoms with Crippen molar-refractivity contribution in [2.45, 2.75) is 38.3 Å². The molecular formula is C20H21N3O2S2. The Balaban J connectivity index is 1.50. The van der Waals surface area contributed by atoms with Gasteiger partial charge in [-0.2, -0.15) is 0 Å². The molecule has 2 aromatic heterocycles. The van der Waals surface area contributed by atoms with Crippen LogP contribution in [0.4, 0.5) is 5.69 Å². The number of benzene rings is 1. The molecule has 7 heteroatoms. The van der Waals surface area contributed by atoms with Gasteiger partial charge in [-0.15, -0.1) is 11.3 Å². The normalized spacial score (nSPS) is 16.3. The minimum atomic E-state index is -0.114. The van der Waals surface area contributed by atoms with Gasteiger partial charge in [-0.3, -0.25) is 9.59 Å². The van der Waals surface area contributed by atoms with Gasteiger partial charge in [0, 0.05) is 10.6 Å². The van der Waals surface area contributed by atoms with Crippen LogP contribution >= 0.6 is 23.1 Å². The van der Waals surface area contributed by atoms with Gasteiger partial charge in [0.2, 0.25) is 5.91 Å². The maximum atomic E-state index is 12.6. The Morgan fingerprint density at radius 1 is 1.41 bits per heavy atom. The van der Waals surface area contributed by atoms with Gasteiger partial charge in [0.05, 0.1) is 11.1 Å². The summed E-state index contributed by atoms with van der Waals surface area (Å²) in [6, 6.07) is 7.66. The summed E-state index contributed by atoms with van der Waals surface area (Å²) in [5.74, 6) is 0.741. The number of aromatic amines is 1. The van der Waals surface area contributed by atoms with Crippen LogP contribution < -0.4 is 10.9 Å². The summed E-state index contributed by atoms with van der Waals surface area (Å²) in [7, 11) is 0. The second-order valence-electron chi connectivity index (χ2n) is 7.05. The minimum absolute atomic E-state index is 0.0890. The number of hydrogen-bond donors (Lipinski definition) is 2. The Kier molecular flexibility index (Phi) is 5.06. The highest BCUT2D eigenvalue weighted by Gasteiger charge is 2.23. The molecule has 1 aliphatic carbocycles. The highest BCUT2D eigenvalue weighted by atomic mass is 32.2. The van der Waals surface area contributed by atoms with Gasteiger partial charge in [0.15, 0.2) is 5.16 Å². The predicted molar refractivity (Wildman–Crippen MR) is 112 cm³/mol. The maximum absolute atomic E-state index is 12.6. The van der Waals surface area contributed by atoms with Crippen molar-refractivity contribution in [2.24, 2.45) is 5.92 Å². The first-order chi connectivity index (χ1) is 13.0. The molecular weight excluding hydrogens is 378 g/mol. The summed E-state index contributed by atoms with van der Waals surface area (Å²) in [5.41, 5.74) is 2.91. The van der Waals surface area contributed by atoms with E-state index >= 15 is 0 Å². The Bertz CT molecular complexity index is 1070. The highest BCUT2D eigenvalue weighted by Crippen LogP contribution is 2.36. The van der Waals surface area contributed by atoms with Gasteiger partial charge in [-0.1, -0.05) is 36.9 Å². The van der Waals surface area contributed by atoms with Crippen molar-refractivity contribution in [1.82, 2.24) is 9.97 Å². The van der Waals surface area contributed by atoms with Crippen LogP contribution in [0.3, 0.4) is 0 Å². The van der Waals surface area contributed by atoms with Crippen LogP contribution in [0.25, 0.3) is 10.2 Å². The Morgan fingerprint density at radius 2 is 2.22 bits per heavy atom. The van der Waals surface area contributed by atoms with E-state index < -0.39 is 0 Å². The lowest BCUT2D eigenvalue weighted by molar-refractivity contribution is -0.113. The number of thioether (sulfide) groups is 1. The molecule has 0 saturated carbocycles. The molecule has 140 valence electrons. The molecule has 1 atom stereocenters. The van der Waals surface area contributed by atoms with E-state index in [9.17, 15) is 9.59 Å². The molecule has 4 rings (SSSR count). The fourth-order valence-corrected chi connectivity index (χ4v) is 5.53. The van der Waals surface area contributed by atoms with Crippen LogP contribution in [-0.4, -0.2) is 21.6 Å². The number of aromatic nitrogens is 2. The monoisotopic (exact) mass is 399 g/mol. The maximum Gasteiger partial charge on any atom is 0.260 e. The van der Waals surface area contributed by atoms with E-state index in [1.165, 1.54) is 22.2 Å². The van der Waals surface area contributed by atoms with Gasteiger partial charge in [0.1, 0.15) is 4.83 Å². The van der Waals surface area contributed by atoms with Crippen LogP contribution in [0.15, 0.2) is 34.2 Å². The van der Waals surface area contributed by atoms with E-state index in [4.69, 9.17) is 0 Å². The molecule has 27 heavy (non-hydrogen) atoms. The third-order valence-electron chi connectivity index (χ3n) is 4.90. The zero-order valence-corrected chi connectivity index (χ0v) is 16.9. The largest absolute Gasteiger partial charge is 0.325 e. The Labute approximate surface area is 165 Å². The number of H-pyrrole nitrogens is 1. The van der Waals surface area contributed by atoms with Gasteiger partial charge >= 0.3 is 0 Å². The molecule has 0 radical (unpaired) electrons. The third kappa shape index (κ3) is 3.80. The topological polar surface area (TPSA) is 74.8 Å². The number of amides is 1. The van der Waals surface area contributed by atoms with E-state index in [1.54, 1.807) is 11.3 Å². The van der Waals surface area contributed by atoms with Crippen molar-refractivity contribution in [1.29, 1.82) is 0 Å². The fraction of sp³-hybridized carbons (Fsp3) is 0.350. The average Bonchev–Trinajstić information content (AvgIpc) is 2.99. The molecule has 0 fully saturated rings. The third-order valence-corrected chi connectivity index (χ3v) is 6.92. The first-order valence-corrected chi connectivity index (χ1v) is 10.8. The lowest BCUT2D eigenvalue weighted by Crippen LogP contribution is -2.16. The smallest absolute Gasteiger partial charge is 0.260 e. The highest BCUT2D eigenvalue weighted by molar-refractivity contribution is 7.99. The first-order valence-electron chi connectivity index (χ1n) is 9.04. The van der Waals surface area contributed by atoms with Crippen LogP contribution in [0.5, 0.6) is 0 Å². The Hall–Kier alpha value is -2.12. The molecule has 0 saturated heterocycles. The molecule has 3 aromatic rings. The van der Waals surface area contributed by atoms with E-state index in [-0.39, 0.29) is 17.2 Å². The van der Waals surface area contributed by atoms with E-state index in [0.29, 0.717) is 11.1 Å². The predicted octanol–water partition coefficient (Wildman–Crippen LogP) is 4.15. The molecule has 0 aliphatic heterocycles. The van der Waals surface area contributed by atoms with Crippen LogP contribution in [0, 0.1) is 12.8 Å². The fourth-order valence-electron chi connectivity index (χ4n) is 3.43. The SMILES string of the molecule is Cc1ccccc1NC(=O)CSc1nc2sc3c(c2c(=O)[nH]1)CCC(C)C3. The molecule has 0 spiro atoms. The zero-order chi connectivity index (χ0) is 19.0. The molecule has 2 heterocycles. The number of fused-ring (bicyclic) bond motifs is 3. The number of para-hydroxylation sites is 1. The van der Waals surface area contributed by atoms with Crippen molar-refractivity contribution >= 4 is 44.9 Å². The van der Waals surface area contributed by atoms with Crippen molar-refractivity contribution in [2.75, 3.05) is 11.1 Å². The standard InChI is InChI=1S/C20H21N3O2S2/c1-11-7-8-13-15(9-11)27-19-17(13)18(25)22-20(23-19)26-10-16(24)21-14-6-4-3-5-12(14)2/h3-6,11H,7-10H2,1-2H3,(H,21,24)(H,22,23,25). The summed E-state index contributed by atoms with van der Waals surface area (Å²) in [4.78, 5) is 34.4. The molecule has 1 aromatic carbocycles. The molecule has 5 nitrogen and oxygen atoms in total. The summed E-state index contributed by atoms with van der Waals surface area (Å²) in [6.07, 6.45) is 3.09. The number of rotatable bonds is 4. The number of thiophene rings is 1. The number of carbonyl (C=O) groups is 1. The van der Waals surface area contributed by atoms with Gasteiger partial charge in [-0.25, -0.2) is 4.98 Å². The van der Waals surface area contributed by atoms with Crippen LogP contribution in [0.1, 0.15) is 29.3 Å². The van der Waals surface area contributed by atoms with Gasteiger partial charge in [-0.05, 0) is 49.3 Å². The molecule has 1 unspecified atom stereocenters. The summed E-state index contributed by atoms with van der Waals surface area (Å²) < 4.78 is 0.